The van der Waals surface area contributed by atoms with Gasteiger partial charge in [-0.15, -0.1) is 22.9 Å². The summed E-state index contributed by atoms with van der Waals surface area (Å²) in [7, 11) is 0. The highest BCUT2D eigenvalue weighted by Gasteiger charge is 2.33. The van der Waals surface area contributed by atoms with E-state index in [1.54, 1.807) is 11.3 Å². The van der Waals surface area contributed by atoms with Gasteiger partial charge in [-0.2, -0.15) is 0 Å². The van der Waals surface area contributed by atoms with Crippen molar-refractivity contribution < 1.29 is 10.2 Å². The maximum Gasteiger partial charge on any atom is 0.110 e. The first-order valence-corrected chi connectivity index (χ1v) is 6.63. The Morgan fingerprint density at radius 3 is 2.69 bits per heavy atom. The number of likely N-dealkylation sites (tertiary alicyclic amines) is 1. The SMILES string of the molecule is CC(c1nc(CCl)cs1)N1CC(O)C(O)C1. The summed E-state index contributed by atoms with van der Waals surface area (Å²) >= 11 is 7.27. The van der Waals surface area contributed by atoms with Crippen molar-refractivity contribution in [2.75, 3.05) is 13.1 Å². The fourth-order valence-corrected chi connectivity index (χ4v) is 2.98. The fourth-order valence-electron chi connectivity index (χ4n) is 1.85. The number of alkyl halides is 1. The normalized spacial score (nSPS) is 28.5. The van der Waals surface area contributed by atoms with Crippen LogP contribution in [0.3, 0.4) is 0 Å². The van der Waals surface area contributed by atoms with Crippen LogP contribution in [0.15, 0.2) is 5.38 Å². The molecule has 2 N–H and O–H groups in total. The van der Waals surface area contributed by atoms with E-state index < -0.39 is 12.2 Å². The van der Waals surface area contributed by atoms with Gasteiger partial charge in [-0.3, -0.25) is 4.90 Å². The monoisotopic (exact) mass is 262 g/mol. The highest BCUT2D eigenvalue weighted by molar-refractivity contribution is 7.09. The first kappa shape index (κ1) is 12.3. The number of rotatable bonds is 3. The first-order chi connectivity index (χ1) is 7.61. The Kier molecular flexibility index (Phi) is 3.81. The third kappa shape index (κ3) is 2.38. The second kappa shape index (κ2) is 4.98. The fraction of sp³-hybridized carbons (Fsp3) is 0.700. The van der Waals surface area contributed by atoms with Crippen LogP contribution in [0.1, 0.15) is 23.7 Å². The second-order valence-electron chi connectivity index (χ2n) is 4.08. The van der Waals surface area contributed by atoms with Crippen LogP contribution in [0.2, 0.25) is 0 Å². The largest absolute Gasteiger partial charge is 0.389 e. The van der Waals surface area contributed by atoms with Crippen LogP contribution in [-0.2, 0) is 5.88 Å². The molecule has 16 heavy (non-hydrogen) atoms. The van der Waals surface area contributed by atoms with Crippen molar-refractivity contribution in [1.29, 1.82) is 0 Å². The summed E-state index contributed by atoms with van der Waals surface area (Å²) < 4.78 is 0. The molecule has 1 aliphatic heterocycles. The van der Waals surface area contributed by atoms with Gasteiger partial charge in [0.2, 0.25) is 0 Å². The zero-order valence-corrected chi connectivity index (χ0v) is 10.6. The van der Waals surface area contributed by atoms with Crippen LogP contribution >= 0.6 is 22.9 Å². The molecule has 0 spiro atoms. The van der Waals surface area contributed by atoms with Crippen molar-refractivity contribution in [2.45, 2.75) is 31.1 Å². The Bertz CT molecular complexity index is 350. The number of β-amino-alcohol motifs (C(OH)–C–C–N with tert-alkyl or cyclic N) is 2. The molecule has 1 fully saturated rings. The predicted molar refractivity (Wildman–Crippen MR) is 63.7 cm³/mol. The van der Waals surface area contributed by atoms with E-state index in [0.717, 1.165) is 10.7 Å². The molecule has 0 aliphatic carbocycles. The maximum absolute atomic E-state index is 9.49. The topological polar surface area (TPSA) is 56.6 Å². The lowest BCUT2D eigenvalue weighted by atomic mass is 10.3. The quantitative estimate of drug-likeness (QED) is 0.798. The van der Waals surface area contributed by atoms with Crippen molar-refractivity contribution in [3.8, 4) is 0 Å². The summed E-state index contributed by atoms with van der Waals surface area (Å²) in [6, 6.07) is 0.119. The Morgan fingerprint density at radius 2 is 2.19 bits per heavy atom. The number of thiazole rings is 1. The lowest BCUT2D eigenvalue weighted by Gasteiger charge is -2.21. The average Bonchev–Trinajstić information content (AvgIpc) is 2.86. The minimum Gasteiger partial charge on any atom is -0.389 e. The van der Waals surface area contributed by atoms with E-state index in [1.807, 2.05) is 17.2 Å². The Hall–Kier alpha value is -0.200. The van der Waals surface area contributed by atoms with E-state index >= 15 is 0 Å². The van der Waals surface area contributed by atoms with Crippen LogP contribution in [0.4, 0.5) is 0 Å². The zero-order valence-electron chi connectivity index (χ0n) is 9.01. The Labute approximate surface area is 103 Å². The lowest BCUT2D eigenvalue weighted by Crippen LogP contribution is -2.25. The van der Waals surface area contributed by atoms with Gasteiger partial charge in [0.05, 0.1) is 29.8 Å². The molecule has 0 amide bonds. The minimum atomic E-state index is -0.644. The molecule has 3 unspecified atom stereocenters. The molecule has 2 heterocycles. The maximum atomic E-state index is 9.49. The lowest BCUT2D eigenvalue weighted by molar-refractivity contribution is 0.0572. The molecule has 4 nitrogen and oxygen atoms in total. The van der Waals surface area contributed by atoms with Gasteiger partial charge in [0, 0.05) is 18.5 Å². The van der Waals surface area contributed by atoms with Crippen LogP contribution in [0.5, 0.6) is 0 Å². The molecule has 1 aromatic heterocycles. The molecule has 3 atom stereocenters. The van der Waals surface area contributed by atoms with Crippen LogP contribution < -0.4 is 0 Å². The van der Waals surface area contributed by atoms with E-state index in [9.17, 15) is 10.2 Å². The molecule has 0 radical (unpaired) electrons. The minimum absolute atomic E-state index is 0.119. The first-order valence-electron chi connectivity index (χ1n) is 5.22. The summed E-state index contributed by atoms with van der Waals surface area (Å²) in [4.78, 5) is 6.44. The van der Waals surface area contributed by atoms with Gasteiger partial charge in [0.1, 0.15) is 5.01 Å². The van der Waals surface area contributed by atoms with Crippen LogP contribution in [-0.4, -0.2) is 45.4 Å². The second-order valence-corrected chi connectivity index (χ2v) is 5.23. The molecule has 1 aromatic rings. The van der Waals surface area contributed by atoms with Gasteiger partial charge in [-0.05, 0) is 6.92 Å². The molecule has 0 bridgehead atoms. The van der Waals surface area contributed by atoms with E-state index in [4.69, 9.17) is 11.6 Å². The number of halogens is 1. The van der Waals surface area contributed by atoms with Crippen molar-refractivity contribution in [1.82, 2.24) is 9.88 Å². The molecule has 1 aliphatic rings. The van der Waals surface area contributed by atoms with Gasteiger partial charge >= 0.3 is 0 Å². The summed E-state index contributed by atoms with van der Waals surface area (Å²) in [5.74, 6) is 0.425. The van der Waals surface area contributed by atoms with Gasteiger partial charge in [-0.25, -0.2) is 4.98 Å². The van der Waals surface area contributed by atoms with Crippen molar-refractivity contribution in [3.05, 3.63) is 16.1 Å². The third-order valence-corrected chi connectivity index (χ3v) is 4.24. The summed E-state index contributed by atoms with van der Waals surface area (Å²) in [5.41, 5.74) is 0.883. The molecule has 1 saturated heterocycles. The van der Waals surface area contributed by atoms with Crippen LogP contribution in [0.25, 0.3) is 0 Å². The summed E-state index contributed by atoms with van der Waals surface area (Å²) in [6.45, 7) is 3.03. The van der Waals surface area contributed by atoms with E-state index in [2.05, 4.69) is 4.98 Å². The van der Waals surface area contributed by atoms with Crippen LogP contribution in [0, 0.1) is 0 Å². The molecule has 0 aromatic carbocycles. The molecule has 6 heteroatoms. The van der Waals surface area contributed by atoms with E-state index in [1.165, 1.54) is 0 Å². The third-order valence-electron chi connectivity index (χ3n) is 2.90. The number of aliphatic hydroxyl groups excluding tert-OH is 2. The highest BCUT2D eigenvalue weighted by Crippen LogP contribution is 2.27. The number of aromatic nitrogens is 1. The highest BCUT2D eigenvalue weighted by atomic mass is 35.5. The number of hydrogen-bond donors (Lipinski definition) is 2. The number of hydrogen-bond acceptors (Lipinski definition) is 5. The Balaban J connectivity index is 2.05. The van der Waals surface area contributed by atoms with Gasteiger partial charge in [0.15, 0.2) is 0 Å². The summed E-state index contributed by atoms with van der Waals surface area (Å²) in [5, 5.41) is 21.9. The van der Waals surface area contributed by atoms with Crippen molar-refractivity contribution >= 4 is 22.9 Å². The standard InChI is InChI=1S/C10H15ClN2O2S/c1-6(10-12-7(2-11)5-16-10)13-3-8(14)9(15)4-13/h5-6,8-9,14-15H,2-4H2,1H3. The van der Waals surface area contributed by atoms with E-state index in [0.29, 0.717) is 19.0 Å². The molecular formula is C10H15ClN2O2S. The zero-order chi connectivity index (χ0) is 11.7. The molecule has 0 saturated carbocycles. The smallest absolute Gasteiger partial charge is 0.110 e. The summed E-state index contributed by atoms with van der Waals surface area (Å²) in [6.07, 6.45) is -1.29. The van der Waals surface area contributed by atoms with Gasteiger partial charge in [-0.1, -0.05) is 0 Å². The molecule has 2 rings (SSSR count). The van der Waals surface area contributed by atoms with Gasteiger partial charge in [0.25, 0.3) is 0 Å². The number of nitrogens with zero attached hydrogens (tertiary/aromatic N) is 2. The number of aliphatic hydroxyl groups is 2. The predicted octanol–water partition coefficient (Wildman–Crippen LogP) is 0.980. The van der Waals surface area contributed by atoms with Crippen molar-refractivity contribution in [3.63, 3.8) is 0 Å². The van der Waals surface area contributed by atoms with Gasteiger partial charge < -0.3 is 10.2 Å². The van der Waals surface area contributed by atoms with Crippen molar-refractivity contribution in [2.24, 2.45) is 0 Å². The molecular weight excluding hydrogens is 248 g/mol. The Morgan fingerprint density at radius 1 is 1.56 bits per heavy atom. The molecule has 90 valence electrons. The average molecular weight is 263 g/mol. The van der Waals surface area contributed by atoms with E-state index in [-0.39, 0.29) is 6.04 Å².